The Balaban J connectivity index is 2.12. The van der Waals surface area contributed by atoms with Crippen LogP contribution in [0.25, 0.3) is 11.4 Å². The summed E-state index contributed by atoms with van der Waals surface area (Å²) in [6.45, 7) is 2.17. The van der Waals surface area contributed by atoms with Crippen molar-refractivity contribution >= 4 is 5.69 Å². The van der Waals surface area contributed by atoms with Crippen molar-refractivity contribution in [2.45, 2.75) is 19.4 Å². The Kier molecular flexibility index (Phi) is 2.96. The molecule has 7 heteroatoms. The highest BCUT2D eigenvalue weighted by Gasteiger charge is 2.37. The average molecular weight is 275 g/mol. The smallest absolute Gasteiger partial charge is 0.184 e. The van der Waals surface area contributed by atoms with Gasteiger partial charge in [0.15, 0.2) is 5.82 Å². The van der Waals surface area contributed by atoms with Gasteiger partial charge in [-0.15, -0.1) is 5.10 Å². The second kappa shape index (κ2) is 4.66. The first-order valence-electron chi connectivity index (χ1n) is 6.45. The number of rotatable bonds is 4. The number of hydrogen-bond donors (Lipinski definition) is 1. The van der Waals surface area contributed by atoms with Crippen LogP contribution in [0.2, 0.25) is 0 Å². The van der Waals surface area contributed by atoms with Crippen molar-refractivity contribution < 1.29 is 9.47 Å². The van der Waals surface area contributed by atoms with Gasteiger partial charge in [-0.3, -0.25) is 0 Å². The molecule has 2 unspecified atom stereocenters. The zero-order valence-electron chi connectivity index (χ0n) is 11.7. The van der Waals surface area contributed by atoms with Gasteiger partial charge >= 0.3 is 0 Å². The van der Waals surface area contributed by atoms with Crippen LogP contribution in [0.1, 0.15) is 19.4 Å². The Bertz CT molecular complexity index is 640. The van der Waals surface area contributed by atoms with Gasteiger partial charge in [-0.1, -0.05) is 6.92 Å². The second-order valence-electron chi connectivity index (χ2n) is 5.02. The van der Waals surface area contributed by atoms with Gasteiger partial charge in [-0.2, -0.15) is 0 Å². The fourth-order valence-corrected chi connectivity index (χ4v) is 2.31. The average Bonchev–Trinajstić information content (AvgIpc) is 3.00. The summed E-state index contributed by atoms with van der Waals surface area (Å²) < 4.78 is 12.4. The second-order valence-corrected chi connectivity index (χ2v) is 5.02. The quantitative estimate of drug-likeness (QED) is 0.851. The molecule has 0 amide bonds. The molecule has 2 atom stereocenters. The van der Waals surface area contributed by atoms with Crippen molar-refractivity contribution in [3.05, 3.63) is 12.1 Å². The van der Waals surface area contributed by atoms with E-state index < -0.39 is 0 Å². The monoisotopic (exact) mass is 275 g/mol. The first kappa shape index (κ1) is 12.7. The molecule has 7 nitrogen and oxygen atoms in total. The Labute approximate surface area is 116 Å². The summed E-state index contributed by atoms with van der Waals surface area (Å²) in [5.41, 5.74) is 7.38. The summed E-state index contributed by atoms with van der Waals surface area (Å²) in [6.07, 6.45) is 1.08. The molecular formula is C13H17N5O2. The molecule has 1 aliphatic carbocycles. The van der Waals surface area contributed by atoms with E-state index in [0.29, 0.717) is 35.0 Å². The normalized spacial score (nSPS) is 20.8. The van der Waals surface area contributed by atoms with E-state index in [-0.39, 0.29) is 0 Å². The number of ether oxygens (including phenoxy) is 2. The minimum atomic E-state index is 0.344. The highest BCUT2D eigenvalue weighted by Crippen LogP contribution is 2.45. The van der Waals surface area contributed by atoms with E-state index in [4.69, 9.17) is 15.2 Å². The van der Waals surface area contributed by atoms with Crippen LogP contribution in [-0.2, 0) is 0 Å². The number of nitrogen functional groups attached to an aromatic ring is 1. The van der Waals surface area contributed by atoms with Crippen LogP contribution >= 0.6 is 0 Å². The van der Waals surface area contributed by atoms with Crippen molar-refractivity contribution in [2.24, 2.45) is 5.92 Å². The summed E-state index contributed by atoms with van der Waals surface area (Å²) in [5.74, 6) is 2.45. The van der Waals surface area contributed by atoms with E-state index >= 15 is 0 Å². The Morgan fingerprint density at radius 3 is 2.65 bits per heavy atom. The maximum absolute atomic E-state index is 6.14. The minimum Gasteiger partial charge on any atom is -0.497 e. The number of hydrogen-bond acceptors (Lipinski definition) is 6. The van der Waals surface area contributed by atoms with Gasteiger partial charge in [0.2, 0.25) is 0 Å². The topological polar surface area (TPSA) is 88.1 Å². The first-order valence-corrected chi connectivity index (χ1v) is 6.45. The fraction of sp³-hybridized carbons (Fsp3) is 0.462. The number of nitrogens with two attached hydrogens (primary N) is 1. The summed E-state index contributed by atoms with van der Waals surface area (Å²) in [6, 6.07) is 3.91. The third-order valence-corrected chi connectivity index (χ3v) is 3.69. The van der Waals surface area contributed by atoms with Gasteiger partial charge in [0.1, 0.15) is 11.5 Å². The molecule has 3 rings (SSSR count). The standard InChI is InChI=1S/C13H17N5O2/c1-7-4-10(7)18-13(15-16-17-18)9-5-8(19-2)6-11(20-3)12(9)14/h5-7,10H,4,14H2,1-3H3. The van der Waals surface area contributed by atoms with E-state index in [1.165, 1.54) is 0 Å². The Morgan fingerprint density at radius 1 is 1.30 bits per heavy atom. The number of anilines is 1. The van der Waals surface area contributed by atoms with Crippen LogP contribution in [0.3, 0.4) is 0 Å². The lowest BCUT2D eigenvalue weighted by atomic mass is 10.1. The zero-order valence-corrected chi connectivity index (χ0v) is 11.7. The molecule has 1 fully saturated rings. The molecule has 1 aliphatic rings. The van der Waals surface area contributed by atoms with Crippen molar-refractivity contribution in [3.63, 3.8) is 0 Å². The maximum Gasteiger partial charge on any atom is 0.184 e. The molecule has 106 valence electrons. The molecule has 20 heavy (non-hydrogen) atoms. The molecule has 2 aromatic rings. The summed E-state index contributed by atoms with van der Waals surface area (Å²) in [4.78, 5) is 0. The van der Waals surface area contributed by atoms with Crippen LogP contribution in [0.5, 0.6) is 11.5 Å². The lowest BCUT2D eigenvalue weighted by Gasteiger charge is -2.12. The van der Waals surface area contributed by atoms with Gasteiger partial charge < -0.3 is 15.2 Å². The number of benzene rings is 1. The molecule has 2 N–H and O–H groups in total. The molecule has 1 heterocycles. The highest BCUT2D eigenvalue weighted by molar-refractivity contribution is 5.78. The Hall–Kier alpha value is -2.31. The first-order chi connectivity index (χ1) is 9.65. The largest absolute Gasteiger partial charge is 0.497 e. The van der Waals surface area contributed by atoms with E-state index in [2.05, 4.69) is 22.4 Å². The predicted molar refractivity (Wildman–Crippen MR) is 73.6 cm³/mol. The van der Waals surface area contributed by atoms with Crippen molar-refractivity contribution in [2.75, 3.05) is 20.0 Å². The van der Waals surface area contributed by atoms with Crippen LogP contribution in [-0.4, -0.2) is 34.4 Å². The van der Waals surface area contributed by atoms with Gasteiger partial charge in [-0.25, -0.2) is 4.68 Å². The SMILES string of the molecule is COc1cc(OC)c(N)c(-c2nnnn2C2CC2C)c1. The van der Waals surface area contributed by atoms with E-state index in [9.17, 15) is 0 Å². The van der Waals surface area contributed by atoms with Crippen molar-refractivity contribution in [1.29, 1.82) is 0 Å². The third kappa shape index (κ3) is 1.95. The number of methoxy groups -OCH3 is 2. The predicted octanol–water partition coefficient (Wildman–Crippen LogP) is 1.52. The highest BCUT2D eigenvalue weighted by atomic mass is 16.5. The molecular weight excluding hydrogens is 258 g/mol. The molecule has 1 aromatic carbocycles. The minimum absolute atomic E-state index is 0.344. The lowest BCUT2D eigenvalue weighted by molar-refractivity contribution is 0.396. The third-order valence-electron chi connectivity index (χ3n) is 3.69. The Morgan fingerprint density at radius 2 is 2.05 bits per heavy atom. The molecule has 1 aromatic heterocycles. The molecule has 0 saturated heterocycles. The number of aromatic nitrogens is 4. The molecule has 1 saturated carbocycles. The van der Waals surface area contributed by atoms with Crippen molar-refractivity contribution in [1.82, 2.24) is 20.2 Å². The van der Waals surface area contributed by atoms with Crippen LogP contribution in [0.4, 0.5) is 5.69 Å². The van der Waals surface area contributed by atoms with Gasteiger partial charge in [-0.05, 0) is 28.8 Å². The van der Waals surface area contributed by atoms with Crippen LogP contribution in [0, 0.1) is 5.92 Å². The maximum atomic E-state index is 6.14. The molecule has 0 aliphatic heterocycles. The molecule has 0 radical (unpaired) electrons. The van der Waals surface area contributed by atoms with Gasteiger partial charge in [0, 0.05) is 6.07 Å². The zero-order chi connectivity index (χ0) is 14.3. The van der Waals surface area contributed by atoms with Gasteiger partial charge in [0.05, 0.1) is 31.5 Å². The van der Waals surface area contributed by atoms with Crippen LogP contribution in [0.15, 0.2) is 12.1 Å². The summed E-state index contributed by atoms with van der Waals surface area (Å²) >= 11 is 0. The van der Waals surface area contributed by atoms with E-state index in [1.807, 2.05) is 10.7 Å². The summed E-state index contributed by atoms with van der Waals surface area (Å²) in [7, 11) is 3.17. The van der Waals surface area contributed by atoms with Crippen LogP contribution < -0.4 is 15.2 Å². The van der Waals surface area contributed by atoms with Gasteiger partial charge in [0.25, 0.3) is 0 Å². The lowest BCUT2D eigenvalue weighted by Crippen LogP contribution is -2.04. The number of tetrazole rings is 1. The molecule has 0 spiro atoms. The molecule has 0 bridgehead atoms. The van der Waals surface area contributed by atoms with Crippen molar-refractivity contribution in [3.8, 4) is 22.9 Å². The fourth-order valence-electron chi connectivity index (χ4n) is 2.31. The van der Waals surface area contributed by atoms with E-state index in [1.54, 1.807) is 20.3 Å². The summed E-state index contributed by atoms with van der Waals surface area (Å²) in [5, 5.41) is 12.0. The number of nitrogens with zero attached hydrogens (tertiary/aromatic N) is 4. The van der Waals surface area contributed by atoms with E-state index in [0.717, 1.165) is 12.0 Å².